The summed E-state index contributed by atoms with van der Waals surface area (Å²) < 4.78 is 11.6. The summed E-state index contributed by atoms with van der Waals surface area (Å²) in [6.07, 6.45) is 7.90. The van der Waals surface area contributed by atoms with E-state index < -0.39 is 17.2 Å². The van der Waals surface area contributed by atoms with E-state index in [9.17, 15) is 9.59 Å². The molecule has 0 aliphatic heterocycles. The largest absolute Gasteiger partial charge is 0.456 e. The van der Waals surface area contributed by atoms with Crippen LogP contribution in [0.4, 0.5) is 0 Å². The molecule has 154 valence electrons. The molecule has 0 aromatic carbocycles. The fourth-order valence-electron chi connectivity index (χ4n) is 5.82. The monoisotopic (exact) mass is 378 g/mol. The Balaban J connectivity index is 1.59. The lowest BCUT2D eigenvalue weighted by molar-refractivity contribution is -0.195. The van der Waals surface area contributed by atoms with Crippen LogP contribution in [0, 0.1) is 35.5 Å². The van der Waals surface area contributed by atoms with Crippen LogP contribution in [0.3, 0.4) is 0 Å². The minimum atomic E-state index is -1.24. The van der Waals surface area contributed by atoms with Crippen molar-refractivity contribution in [1.82, 2.24) is 0 Å². The van der Waals surface area contributed by atoms with Gasteiger partial charge in [0.15, 0.2) is 0 Å². The number of rotatable bonds is 5. The SMILES string of the molecule is CC1C2CC(C(=O)OC(C)(C)C(=O)OC(C)(C)C3CCCCC3)C(C2)C1C. The van der Waals surface area contributed by atoms with Gasteiger partial charge in [-0.2, -0.15) is 0 Å². The third-order valence-corrected chi connectivity index (χ3v) is 7.99. The Morgan fingerprint density at radius 3 is 2.04 bits per heavy atom. The number of carbonyl (C=O) groups excluding carboxylic acids is 2. The molecular formula is C23H38O4. The van der Waals surface area contributed by atoms with E-state index in [0.717, 1.165) is 25.7 Å². The van der Waals surface area contributed by atoms with Gasteiger partial charge in [-0.15, -0.1) is 0 Å². The predicted octanol–water partition coefficient (Wildman–Crippen LogP) is 5.14. The van der Waals surface area contributed by atoms with Crippen LogP contribution in [0.5, 0.6) is 0 Å². The first-order valence-electron chi connectivity index (χ1n) is 11.0. The lowest BCUT2D eigenvalue weighted by atomic mass is 9.76. The quantitative estimate of drug-likeness (QED) is 0.622. The summed E-state index contributed by atoms with van der Waals surface area (Å²) in [7, 11) is 0. The molecule has 0 saturated heterocycles. The van der Waals surface area contributed by atoms with Gasteiger partial charge >= 0.3 is 11.9 Å². The Morgan fingerprint density at radius 1 is 0.852 bits per heavy atom. The van der Waals surface area contributed by atoms with Gasteiger partial charge in [-0.25, -0.2) is 4.79 Å². The molecule has 3 saturated carbocycles. The average molecular weight is 379 g/mol. The van der Waals surface area contributed by atoms with E-state index in [1.807, 2.05) is 13.8 Å². The van der Waals surface area contributed by atoms with Crippen LogP contribution in [0.2, 0.25) is 0 Å². The number of esters is 2. The second kappa shape index (κ2) is 7.40. The van der Waals surface area contributed by atoms with Crippen LogP contribution in [-0.4, -0.2) is 23.1 Å². The Bertz CT molecular complexity index is 571. The first kappa shape index (κ1) is 20.7. The van der Waals surface area contributed by atoms with Gasteiger partial charge in [0.2, 0.25) is 5.60 Å². The van der Waals surface area contributed by atoms with Gasteiger partial charge in [-0.3, -0.25) is 4.79 Å². The van der Waals surface area contributed by atoms with Crippen LogP contribution >= 0.6 is 0 Å². The third-order valence-electron chi connectivity index (χ3n) is 7.99. The summed E-state index contributed by atoms with van der Waals surface area (Å²) in [4.78, 5) is 25.7. The summed E-state index contributed by atoms with van der Waals surface area (Å²) in [5.41, 5.74) is -1.75. The van der Waals surface area contributed by atoms with Gasteiger partial charge in [-0.1, -0.05) is 33.1 Å². The van der Waals surface area contributed by atoms with E-state index in [1.54, 1.807) is 13.8 Å². The van der Waals surface area contributed by atoms with Gasteiger partial charge in [-0.05, 0) is 83.0 Å². The van der Waals surface area contributed by atoms with E-state index >= 15 is 0 Å². The highest BCUT2D eigenvalue weighted by molar-refractivity contribution is 5.84. The molecule has 0 heterocycles. The second-order valence-electron chi connectivity index (χ2n) is 10.5. The number of hydrogen-bond donors (Lipinski definition) is 0. The van der Waals surface area contributed by atoms with Crippen molar-refractivity contribution in [3.05, 3.63) is 0 Å². The Kier molecular flexibility index (Phi) is 5.67. The Labute approximate surface area is 164 Å². The third kappa shape index (κ3) is 4.05. The lowest BCUT2D eigenvalue weighted by Gasteiger charge is -2.39. The minimum absolute atomic E-state index is 0.0559. The summed E-state index contributed by atoms with van der Waals surface area (Å²) in [6, 6.07) is 0. The van der Waals surface area contributed by atoms with Gasteiger partial charge in [0.25, 0.3) is 0 Å². The number of carbonyl (C=O) groups is 2. The van der Waals surface area contributed by atoms with Crippen LogP contribution in [-0.2, 0) is 19.1 Å². The minimum Gasteiger partial charge on any atom is -0.456 e. The highest BCUT2D eigenvalue weighted by atomic mass is 16.6. The Morgan fingerprint density at radius 2 is 1.48 bits per heavy atom. The van der Waals surface area contributed by atoms with Crippen LogP contribution < -0.4 is 0 Å². The maximum absolute atomic E-state index is 12.9. The number of hydrogen-bond acceptors (Lipinski definition) is 4. The molecule has 0 aromatic rings. The molecule has 3 aliphatic rings. The highest BCUT2D eigenvalue weighted by Crippen LogP contribution is 2.55. The normalized spacial score (nSPS) is 34.5. The summed E-state index contributed by atoms with van der Waals surface area (Å²) in [5.74, 6) is 1.98. The first-order chi connectivity index (χ1) is 12.5. The zero-order valence-corrected chi connectivity index (χ0v) is 18.0. The van der Waals surface area contributed by atoms with E-state index in [0.29, 0.717) is 29.6 Å². The van der Waals surface area contributed by atoms with Crippen molar-refractivity contribution in [3.8, 4) is 0 Å². The topological polar surface area (TPSA) is 52.6 Å². The van der Waals surface area contributed by atoms with Gasteiger partial charge in [0, 0.05) is 0 Å². The van der Waals surface area contributed by atoms with Crippen molar-refractivity contribution in [3.63, 3.8) is 0 Å². The van der Waals surface area contributed by atoms with Crippen molar-refractivity contribution in [1.29, 1.82) is 0 Å². The fourth-order valence-corrected chi connectivity index (χ4v) is 5.82. The van der Waals surface area contributed by atoms with Crippen LogP contribution in [0.25, 0.3) is 0 Å². The van der Waals surface area contributed by atoms with Gasteiger partial charge in [0.1, 0.15) is 5.60 Å². The molecule has 5 atom stereocenters. The molecule has 4 heteroatoms. The van der Waals surface area contributed by atoms with Crippen molar-refractivity contribution in [2.45, 2.75) is 97.7 Å². The first-order valence-corrected chi connectivity index (χ1v) is 11.0. The second-order valence-corrected chi connectivity index (χ2v) is 10.5. The van der Waals surface area contributed by atoms with Gasteiger partial charge in [0.05, 0.1) is 5.92 Å². The molecule has 0 amide bonds. The molecule has 5 unspecified atom stereocenters. The van der Waals surface area contributed by atoms with E-state index in [4.69, 9.17) is 9.47 Å². The summed E-state index contributed by atoms with van der Waals surface area (Å²) in [5, 5.41) is 0. The Hall–Kier alpha value is -1.06. The lowest BCUT2D eigenvalue weighted by Crippen LogP contribution is -2.47. The molecular weight excluding hydrogens is 340 g/mol. The van der Waals surface area contributed by atoms with E-state index in [-0.39, 0.29) is 11.9 Å². The zero-order valence-electron chi connectivity index (χ0n) is 18.0. The molecule has 27 heavy (non-hydrogen) atoms. The molecule has 0 spiro atoms. The molecule has 0 aromatic heterocycles. The van der Waals surface area contributed by atoms with Crippen LogP contribution in [0.15, 0.2) is 0 Å². The highest BCUT2D eigenvalue weighted by Gasteiger charge is 2.53. The van der Waals surface area contributed by atoms with Crippen molar-refractivity contribution in [2.24, 2.45) is 35.5 Å². The molecule has 3 fully saturated rings. The van der Waals surface area contributed by atoms with Crippen molar-refractivity contribution >= 4 is 11.9 Å². The molecule has 2 bridgehead atoms. The maximum atomic E-state index is 12.9. The van der Waals surface area contributed by atoms with Crippen LogP contribution in [0.1, 0.15) is 86.5 Å². The van der Waals surface area contributed by atoms with Crippen molar-refractivity contribution in [2.75, 3.05) is 0 Å². The molecule has 3 aliphatic carbocycles. The fraction of sp³-hybridized carbons (Fsp3) is 0.913. The molecule has 4 nitrogen and oxygen atoms in total. The number of fused-ring (bicyclic) bond motifs is 2. The zero-order chi connectivity index (χ0) is 20.0. The van der Waals surface area contributed by atoms with E-state index in [2.05, 4.69) is 13.8 Å². The smallest absolute Gasteiger partial charge is 0.350 e. The maximum Gasteiger partial charge on any atom is 0.350 e. The van der Waals surface area contributed by atoms with Crippen molar-refractivity contribution < 1.29 is 19.1 Å². The predicted molar refractivity (Wildman–Crippen MR) is 105 cm³/mol. The molecule has 3 rings (SSSR count). The summed E-state index contributed by atoms with van der Waals surface area (Å²) >= 11 is 0. The van der Waals surface area contributed by atoms with E-state index in [1.165, 1.54) is 19.3 Å². The average Bonchev–Trinajstić information content (AvgIpc) is 3.15. The summed E-state index contributed by atoms with van der Waals surface area (Å²) in [6.45, 7) is 11.9. The molecule has 0 radical (unpaired) electrons. The molecule has 0 N–H and O–H groups in total. The van der Waals surface area contributed by atoms with Gasteiger partial charge < -0.3 is 9.47 Å². The standard InChI is InChI=1S/C23H38O4/c1-14-15(2)18-12-16(14)13-19(18)20(24)26-23(5,6)21(25)27-22(3,4)17-10-8-7-9-11-17/h14-19H,7-13H2,1-6H3. The number of ether oxygens (including phenoxy) is 2.